The van der Waals surface area contributed by atoms with Crippen LogP contribution in [0.4, 0.5) is 6.01 Å². The molecule has 0 spiro atoms. The first-order valence-corrected chi connectivity index (χ1v) is 4.99. The molecule has 0 bridgehead atoms. The molecule has 7 heteroatoms. The fourth-order valence-corrected chi connectivity index (χ4v) is 1.06. The lowest BCUT2D eigenvalue weighted by Gasteiger charge is -2.11. The summed E-state index contributed by atoms with van der Waals surface area (Å²) in [4.78, 5) is 27.6. The van der Waals surface area contributed by atoms with Crippen molar-refractivity contribution < 1.29 is 23.5 Å². The zero-order valence-corrected chi connectivity index (χ0v) is 9.93. The molecule has 1 rings (SSSR count). The number of ether oxygens (including phenoxy) is 2. The first-order valence-electron chi connectivity index (χ1n) is 4.99. The molecule has 0 aromatic carbocycles. The molecule has 0 N–H and O–H groups in total. The van der Waals surface area contributed by atoms with E-state index >= 15 is 0 Å². The first kappa shape index (κ1) is 13.0. The van der Waals surface area contributed by atoms with Gasteiger partial charge >= 0.3 is 11.9 Å². The second-order valence-corrected chi connectivity index (χ2v) is 3.17. The number of rotatable bonds is 5. The van der Waals surface area contributed by atoms with Crippen LogP contribution in [0.15, 0.2) is 10.7 Å². The summed E-state index contributed by atoms with van der Waals surface area (Å²) < 4.78 is 14.3. The van der Waals surface area contributed by atoms with Crippen molar-refractivity contribution >= 4 is 18.0 Å². The average molecular weight is 242 g/mol. The van der Waals surface area contributed by atoms with E-state index < -0.39 is 11.9 Å². The van der Waals surface area contributed by atoms with Crippen LogP contribution >= 0.6 is 0 Å². The lowest BCUT2D eigenvalue weighted by atomic mass is 10.5. The highest BCUT2D eigenvalue weighted by molar-refractivity contribution is 5.87. The fourth-order valence-electron chi connectivity index (χ4n) is 1.06. The third-order valence-corrected chi connectivity index (χ3v) is 1.90. The maximum absolute atomic E-state index is 11.3. The van der Waals surface area contributed by atoms with Crippen LogP contribution < -0.4 is 4.90 Å². The predicted molar refractivity (Wildman–Crippen MR) is 57.7 cm³/mol. The van der Waals surface area contributed by atoms with Crippen molar-refractivity contribution in [1.29, 1.82) is 0 Å². The molecular weight excluding hydrogens is 228 g/mol. The van der Waals surface area contributed by atoms with Gasteiger partial charge in [-0.1, -0.05) is 0 Å². The van der Waals surface area contributed by atoms with Gasteiger partial charge in [-0.15, -0.1) is 0 Å². The SMILES string of the molecule is CCOC(=O)c1coc(N(C)CC(=O)OC)n1. The molecular formula is C10H14N2O5. The van der Waals surface area contributed by atoms with E-state index in [4.69, 9.17) is 9.15 Å². The smallest absolute Gasteiger partial charge is 0.360 e. The van der Waals surface area contributed by atoms with Gasteiger partial charge in [-0.05, 0) is 6.92 Å². The number of hydrogen-bond donors (Lipinski definition) is 0. The minimum Gasteiger partial charge on any atom is -0.468 e. The highest BCUT2D eigenvalue weighted by Gasteiger charge is 2.17. The van der Waals surface area contributed by atoms with Crippen LogP contribution in [-0.4, -0.2) is 44.2 Å². The van der Waals surface area contributed by atoms with E-state index in [-0.39, 0.29) is 24.9 Å². The lowest BCUT2D eigenvalue weighted by molar-refractivity contribution is -0.138. The summed E-state index contributed by atoms with van der Waals surface area (Å²) in [7, 11) is 2.88. The molecule has 1 heterocycles. The predicted octanol–water partition coefficient (Wildman–Crippen LogP) is 0.460. The lowest BCUT2D eigenvalue weighted by Crippen LogP contribution is -2.26. The average Bonchev–Trinajstić information content (AvgIpc) is 2.78. The number of oxazole rings is 1. The van der Waals surface area contributed by atoms with Gasteiger partial charge in [0.2, 0.25) is 0 Å². The van der Waals surface area contributed by atoms with Gasteiger partial charge in [-0.3, -0.25) is 4.79 Å². The summed E-state index contributed by atoms with van der Waals surface area (Å²) >= 11 is 0. The Morgan fingerprint density at radius 3 is 2.82 bits per heavy atom. The molecule has 1 aromatic heterocycles. The zero-order chi connectivity index (χ0) is 12.8. The van der Waals surface area contributed by atoms with Crippen LogP contribution in [0, 0.1) is 0 Å². The Morgan fingerprint density at radius 1 is 1.53 bits per heavy atom. The summed E-state index contributed by atoms with van der Waals surface area (Å²) in [5.41, 5.74) is 0.0681. The van der Waals surface area contributed by atoms with Crippen molar-refractivity contribution in [2.75, 3.05) is 32.2 Å². The fraction of sp³-hybridized carbons (Fsp3) is 0.500. The third kappa shape index (κ3) is 3.47. The van der Waals surface area contributed by atoms with E-state index in [1.54, 1.807) is 14.0 Å². The highest BCUT2D eigenvalue weighted by Crippen LogP contribution is 2.12. The molecule has 0 aliphatic rings. The molecule has 0 atom stereocenters. The third-order valence-electron chi connectivity index (χ3n) is 1.90. The van der Waals surface area contributed by atoms with Crippen molar-refractivity contribution in [3.05, 3.63) is 12.0 Å². The Balaban J connectivity index is 2.67. The van der Waals surface area contributed by atoms with Gasteiger partial charge in [0, 0.05) is 7.05 Å². The number of methoxy groups -OCH3 is 1. The van der Waals surface area contributed by atoms with E-state index in [1.165, 1.54) is 18.3 Å². The summed E-state index contributed by atoms with van der Waals surface area (Å²) in [5, 5.41) is 0. The number of carbonyl (C=O) groups excluding carboxylic acids is 2. The van der Waals surface area contributed by atoms with Crippen LogP contribution in [-0.2, 0) is 14.3 Å². The maximum Gasteiger partial charge on any atom is 0.360 e. The standard InChI is InChI=1S/C10H14N2O5/c1-4-16-9(14)7-6-17-10(11-7)12(2)5-8(13)15-3/h6H,4-5H2,1-3H3. The quantitative estimate of drug-likeness (QED) is 0.693. The van der Waals surface area contributed by atoms with Crippen LogP contribution in [0.3, 0.4) is 0 Å². The van der Waals surface area contributed by atoms with E-state index in [0.717, 1.165) is 0 Å². The number of esters is 2. The molecule has 17 heavy (non-hydrogen) atoms. The van der Waals surface area contributed by atoms with E-state index in [0.29, 0.717) is 0 Å². The van der Waals surface area contributed by atoms with Gasteiger partial charge < -0.3 is 18.8 Å². The summed E-state index contributed by atoms with van der Waals surface area (Å²) in [6.45, 7) is 1.95. The van der Waals surface area contributed by atoms with Crippen molar-refractivity contribution in [1.82, 2.24) is 4.98 Å². The van der Waals surface area contributed by atoms with Crippen LogP contribution in [0.1, 0.15) is 17.4 Å². The van der Waals surface area contributed by atoms with Crippen LogP contribution in [0.5, 0.6) is 0 Å². The number of likely N-dealkylation sites (N-methyl/N-ethyl adjacent to an activating group) is 1. The van der Waals surface area contributed by atoms with Crippen LogP contribution in [0.25, 0.3) is 0 Å². The molecule has 0 radical (unpaired) electrons. The van der Waals surface area contributed by atoms with E-state index in [1.807, 2.05) is 0 Å². The van der Waals surface area contributed by atoms with Gasteiger partial charge in [0.1, 0.15) is 12.8 Å². The minimum absolute atomic E-state index is 0.0146. The topological polar surface area (TPSA) is 81.9 Å². The molecule has 0 saturated heterocycles. The maximum atomic E-state index is 11.3. The molecule has 0 fully saturated rings. The second-order valence-electron chi connectivity index (χ2n) is 3.17. The highest BCUT2D eigenvalue weighted by atomic mass is 16.5. The Labute approximate surface area is 98.3 Å². The Morgan fingerprint density at radius 2 is 2.24 bits per heavy atom. The molecule has 0 amide bonds. The Hall–Kier alpha value is -2.05. The normalized spacial score (nSPS) is 9.82. The molecule has 7 nitrogen and oxygen atoms in total. The van der Waals surface area contributed by atoms with Gasteiger partial charge in [-0.25, -0.2) is 4.79 Å². The van der Waals surface area contributed by atoms with Crippen LogP contribution in [0.2, 0.25) is 0 Å². The number of aromatic nitrogens is 1. The molecule has 0 aliphatic carbocycles. The second kappa shape index (κ2) is 5.88. The molecule has 0 unspecified atom stereocenters. The monoisotopic (exact) mass is 242 g/mol. The Kier molecular flexibility index (Phi) is 4.50. The minimum atomic E-state index is -0.561. The van der Waals surface area contributed by atoms with Crippen molar-refractivity contribution in [3.8, 4) is 0 Å². The van der Waals surface area contributed by atoms with Crippen molar-refractivity contribution in [3.63, 3.8) is 0 Å². The van der Waals surface area contributed by atoms with E-state index in [2.05, 4.69) is 9.72 Å². The largest absolute Gasteiger partial charge is 0.468 e. The molecule has 1 aromatic rings. The number of carbonyl (C=O) groups is 2. The first-order chi connectivity index (χ1) is 8.08. The zero-order valence-electron chi connectivity index (χ0n) is 9.93. The van der Waals surface area contributed by atoms with Gasteiger partial charge in [0.15, 0.2) is 5.69 Å². The van der Waals surface area contributed by atoms with Gasteiger partial charge in [0.05, 0.1) is 13.7 Å². The number of nitrogens with zero attached hydrogens (tertiary/aromatic N) is 2. The summed E-state index contributed by atoms with van der Waals surface area (Å²) in [6.07, 6.45) is 1.18. The molecule has 0 aliphatic heterocycles. The van der Waals surface area contributed by atoms with Crippen molar-refractivity contribution in [2.45, 2.75) is 6.92 Å². The van der Waals surface area contributed by atoms with Gasteiger partial charge in [-0.2, -0.15) is 4.98 Å². The molecule has 0 saturated carbocycles. The molecule has 94 valence electrons. The summed E-state index contributed by atoms with van der Waals surface area (Å²) in [6, 6.07) is 0.151. The summed E-state index contributed by atoms with van der Waals surface area (Å²) in [5.74, 6) is -0.989. The Bertz CT molecular complexity index is 401. The van der Waals surface area contributed by atoms with E-state index in [9.17, 15) is 9.59 Å². The number of hydrogen-bond acceptors (Lipinski definition) is 7. The number of anilines is 1. The van der Waals surface area contributed by atoms with Gasteiger partial charge in [0.25, 0.3) is 6.01 Å². The van der Waals surface area contributed by atoms with Crippen molar-refractivity contribution in [2.24, 2.45) is 0 Å².